The van der Waals surface area contributed by atoms with Crippen LogP contribution in [0.25, 0.3) is 21.9 Å². The molecule has 1 atom stereocenters. The molecule has 0 aliphatic carbocycles. The molecule has 3 aromatic carbocycles. The van der Waals surface area contributed by atoms with E-state index < -0.39 is 8.32 Å². The maximum absolute atomic E-state index is 12.6. The Morgan fingerprint density at radius 3 is 2.14 bits per heavy atom. The first-order chi connectivity index (χ1) is 16.5. The second kappa shape index (κ2) is 11.4. The topological polar surface area (TPSA) is 35.5 Å². The molecule has 0 fully saturated rings. The Bertz CT molecular complexity index is 1130. The maximum Gasteiger partial charge on any atom is 0.338 e. The Kier molecular flexibility index (Phi) is 8.82. The molecule has 0 amide bonds. The van der Waals surface area contributed by atoms with E-state index in [0.717, 1.165) is 40.5 Å². The minimum absolute atomic E-state index is 0.0546. The highest BCUT2D eigenvalue weighted by molar-refractivity contribution is 6.74. The number of benzene rings is 3. The van der Waals surface area contributed by atoms with Crippen molar-refractivity contribution in [2.45, 2.75) is 91.0 Å². The Hall–Kier alpha value is -2.59. The van der Waals surface area contributed by atoms with Crippen LogP contribution in [0.5, 0.6) is 5.75 Å². The Labute approximate surface area is 213 Å². The Morgan fingerprint density at radius 2 is 1.49 bits per heavy atom. The van der Waals surface area contributed by atoms with Crippen molar-refractivity contribution < 1.29 is 14.0 Å². The fraction of sp³-hybridized carbons (Fsp3) is 0.452. The number of carbonyl (C=O) groups is 1. The van der Waals surface area contributed by atoms with Gasteiger partial charge < -0.3 is 9.16 Å². The Balaban J connectivity index is 1.68. The van der Waals surface area contributed by atoms with E-state index in [4.69, 9.17) is 9.16 Å². The summed E-state index contributed by atoms with van der Waals surface area (Å²) in [6.45, 7) is 15.5. The molecule has 0 aliphatic heterocycles. The first-order valence-corrected chi connectivity index (χ1v) is 16.0. The lowest BCUT2D eigenvalue weighted by atomic mass is 10.00. The normalized spacial score (nSPS) is 13.0. The fourth-order valence-electron chi connectivity index (χ4n) is 3.88. The van der Waals surface area contributed by atoms with E-state index in [-0.39, 0.29) is 17.1 Å². The van der Waals surface area contributed by atoms with Crippen LogP contribution in [0, 0.1) is 0 Å². The number of carbonyl (C=O) groups excluding carboxylic acids is 1. The van der Waals surface area contributed by atoms with Crippen LogP contribution in [0.1, 0.15) is 77.1 Å². The third-order valence-electron chi connectivity index (χ3n) is 7.22. The smallest absolute Gasteiger partial charge is 0.338 e. The summed E-state index contributed by atoms with van der Waals surface area (Å²) in [4.78, 5) is 12.6. The molecule has 0 spiro atoms. The van der Waals surface area contributed by atoms with Crippen molar-refractivity contribution in [2.24, 2.45) is 0 Å². The van der Waals surface area contributed by atoms with Gasteiger partial charge >= 0.3 is 5.97 Å². The summed E-state index contributed by atoms with van der Waals surface area (Å²) in [5.74, 6) is 0.695. The van der Waals surface area contributed by atoms with Gasteiger partial charge in [0.05, 0.1) is 11.7 Å². The maximum atomic E-state index is 12.6. The number of esters is 1. The van der Waals surface area contributed by atoms with E-state index in [9.17, 15) is 4.79 Å². The van der Waals surface area contributed by atoms with E-state index in [0.29, 0.717) is 5.56 Å². The molecule has 35 heavy (non-hydrogen) atoms. The van der Waals surface area contributed by atoms with Gasteiger partial charge in [-0.25, -0.2) is 4.79 Å². The molecule has 188 valence electrons. The van der Waals surface area contributed by atoms with E-state index in [1.54, 1.807) is 0 Å². The summed E-state index contributed by atoms with van der Waals surface area (Å²) >= 11 is 0. The number of hydrogen-bond donors (Lipinski definition) is 0. The van der Waals surface area contributed by atoms with Gasteiger partial charge in [0.25, 0.3) is 0 Å². The van der Waals surface area contributed by atoms with Crippen molar-refractivity contribution >= 4 is 25.1 Å². The van der Waals surface area contributed by atoms with Crippen LogP contribution in [0.15, 0.2) is 60.7 Å². The molecule has 0 bridgehead atoms. The minimum Gasteiger partial charge on any atom is -0.544 e. The van der Waals surface area contributed by atoms with E-state index in [2.05, 4.69) is 83.3 Å². The van der Waals surface area contributed by atoms with Crippen LogP contribution < -0.4 is 4.43 Å². The van der Waals surface area contributed by atoms with Gasteiger partial charge in [-0.3, -0.25) is 0 Å². The molecule has 0 aliphatic rings. The molecular formula is C31H42O3Si. The monoisotopic (exact) mass is 490 g/mol. The van der Waals surface area contributed by atoms with Crippen LogP contribution in [0.4, 0.5) is 0 Å². The van der Waals surface area contributed by atoms with Gasteiger partial charge in [-0.1, -0.05) is 77.3 Å². The average molecular weight is 491 g/mol. The molecule has 4 heteroatoms. The van der Waals surface area contributed by atoms with E-state index >= 15 is 0 Å². The molecule has 0 N–H and O–H groups in total. The summed E-state index contributed by atoms with van der Waals surface area (Å²) in [6.07, 6.45) is 5.62. The second-order valence-corrected chi connectivity index (χ2v) is 16.0. The first-order valence-electron chi connectivity index (χ1n) is 13.0. The summed E-state index contributed by atoms with van der Waals surface area (Å²) in [7, 11) is -1.85. The van der Waals surface area contributed by atoms with E-state index in [1.807, 2.05) is 25.1 Å². The molecule has 3 rings (SSSR count). The zero-order valence-electron chi connectivity index (χ0n) is 22.6. The van der Waals surface area contributed by atoms with Gasteiger partial charge in [0, 0.05) is 0 Å². The van der Waals surface area contributed by atoms with Crippen molar-refractivity contribution in [3.63, 3.8) is 0 Å². The highest BCUT2D eigenvalue weighted by Gasteiger charge is 2.38. The molecule has 0 saturated carbocycles. The van der Waals surface area contributed by atoms with E-state index in [1.165, 1.54) is 19.3 Å². The van der Waals surface area contributed by atoms with Crippen molar-refractivity contribution in [3.8, 4) is 16.9 Å². The SMILES string of the molecule is CCCCCC[C@@H](C)OC(=O)c1ccc2cc(-c3ccc(O[Si](C)(C)C(C)(C)C)cc3)ccc2c1. The predicted octanol–water partition coefficient (Wildman–Crippen LogP) is 9.41. The summed E-state index contributed by atoms with van der Waals surface area (Å²) < 4.78 is 12.1. The largest absolute Gasteiger partial charge is 0.544 e. The molecule has 0 unspecified atom stereocenters. The van der Waals surface area contributed by atoms with Gasteiger partial charge in [0.2, 0.25) is 8.32 Å². The fourth-order valence-corrected chi connectivity index (χ4v) is 4.92. The zero-order chi connectivity index (χ0) is 25.6. The number of hydrogen-bond acceptors (Lipinski definition) is 3. The van der Waals surface area contributed by atoms with Crippen LogP contribution in [0.2, 0.25) is 18.1 Å². The highest BCUT2D eigenvalue weighted by Crippen LogP contribution is 2.37. The third kappa shape index (κ3) is 7.20. The molecule has 0 saturated heterocycles. The third-order valence-corrected chi connectivity index (χ3v) is 11.6. The minimum atomic E-state index is -1.85. The molecule has 0 aromatic heterocycles. The number of unbranched alkanes of at least 4 members (excludes halogenated alkanes) is 3. The van der Waals surface area contributed by atoms with Crippen molar-refractivity contribution in [2.75, 3.05) is 0 Å². The molecule has 3 nitrogen and oxygen atoms in total. The average Bonchev–Trinajstić information content (AvgIpc) is 2.80. The lowest BCUT2D eigenvalue weighted by Crippen LogP contribution is -2.43. The van der Waals surface area contributed by atoms with Gasteiger partial charge in [0.15, 0.2) is 0 Å². The standard InChI is InChI=1S/C31H42O3Si/c1-8-9-10-11-12-23(2)33-30(32)28-16-15-26-21-25(13-14-27(26)22-28)24-17-19-29(20-18-24)34-35(6,7)31(3,4)5/h13-23H,8-12H2,1-7H3/t23-/m1/s1. The quantitative estimate of drug-likeness (QED) is 0.161. The summed E-state index contributed by atoms with van der Waals surface area (Å²) in [5, 5.41) is 2.31. The van der Waals surface area contributed by atoms with Crippen molar-refractivity contribution in [3.05, 3.63) is 66.2 Å². The van der Waals surface area contributed by atoms with Gasteiger partial charge in [-0.15, -0.1) is 0 Å². The summed E-state index contributed by atoms with van der Waals surface area (Å²) in [6, 6.07) is 20.6. The number of ether oxygens (including phenoxy) is 1. The Morgan fingerprint density at radius 1 is 0.857 bits per heavy atom. The van der Waals surface area contributed by atoms with Crippen molar-refractivity contribution in [1.82, 2.24) is 0 Å². The summed E-state index contributed by atoms with van der Waals surface area (Å²) in [5.41, 5.74) is 2.90. The molecule has 0 radical (unpaired) electrons. The number of fused-ring (bicyclic) bond motifs is 1. The molecule has 0 heterocycles. The molecular weight excluding hydrogens is 448 g/mol. The first kappa shape index (κ1) is 27.0. The highest BCUT2D eigenvalue weighted by atomic mass is 28.4. The predicted molar refractivity (Wildman–Crippen MR) is 151 cm³/mol. The van der Waals surface area contributed by atoms with Gasteiger partial charge in [-0.05, 0) is 90.1 Å². The second-order valence-electron chi connectivity index (χ2n) is 11.2. The lowest BCUT2D eigenvalue weighted by Gasteiger charge is -2.36. The number of rotatable bonds is 10. The van der Waals surface area contributed by atoms with Crippen LogP contribution >= 0.6 is 0 Å². The van der Waals surface area contributed by atoms with Gasteiger partial charge in [-0.2, -0.15) is 0 Å². The lowest BCUT2D eigenvalue weighted by molar-refractivity contribution is 0.0319. The van der Waals surface area contributed by atoms with Gasteiger partial charge in [0.1, 0.15) is 5.75 Å². The van der Waals surface area contributed by atoms with Crippen LogP contribution in [-0.4, -0.2) is 20.4 Å². The van der Waals surface area contributed by atoms with Crippen LogP contribution in [-0.2, 0) is 4.74 Å². The van der Waals surface area contributed by atoms with Crippen LogP contribution in [0.3, 0.4) is 0 Å². The molecule has 3 aromatic rings. The zero-order valence-corrected chi connectivity index (χ0v) is 23.6. The van der Waals surface area contributed by atoms with Crippen molar-refractivity contribution in [1.29, 1.82) is 0 Å².